The van der Waals surface area contributed by atoms with Crippen molar-refractivity contribution >= 4 is 16.0 Å². The molecule has 0 saturated heterocycles. The number of hydrogen-bond acceptors (Lipinski definition) is 4. The second-order valence-electron chi connectivity index (χ2n) is 10.4. The fraction of sp³-hybridized carbons (Fsp3) is 0.833. The van der Waals surface area contributed by atoms with Gasteiger partial charge in [-0.3, -0.25) is 9.35 Å². The molecule has 0 fully saturated rings. The molecule has 0 aromatic carbocycles. The van der Waals surface area contributed by atoms with E-state index in [9.17, 15) is 22.9 Å². The summed E-state index contributed by atoms with van der Waals surface area (Å²) in [6.07, 6.45) is 28.8. The third-order valence-corrected chi connectivity index (χ3v) is 7.44. The molecule has 3 N–H and O–H groups in total. The lowest BCUT2D eigenvalue weighted by Gasteiger charge is -2.23. The second kappa shape index (κ2) is 25.1. The molecule has 1 amide bonds. The van der Waals surface area contributed by atoms with Crippen LogP contribution < -0.4 is 5.32 Å². The molecule has 0 aliphatic carbocycles. The maximum absolute atomic E-state index is 12.3. The summed E-state index contributed by atoms with van der Waals surface area (Å²) in [6.45, 7) is 4.36. The molecule has 0 aromatic rings. The molecule has 0 aliphatic rings. The molecule has 2 unspecified atom stereocenters. The van der Waals surface area contributed by atoms with E-state index in [1.165, 1.54) is 44.9 Å². The number of aliphatic hydroxyl groups is 1. The average molecular weight is 544 g/mol. The van der Waals surface area contributed by atoms with Crippen molar-refractivity contribution in [3.63, 3.8) is 0 Å². The Bertz CT molecular complexity index is 690. The van der Waals surface area contributed by atoms with Crippen molar-refractivity contribution in [2.24, 2.45) is 0 Å². The molecular formula is C30H57NO5S. The van der Waals surface area contributed by atoms with Gasteiger partial charge >= 0.3 is 0 Å². The molecular weight excluding hydrogens is 486 g/mol. The standard InChI is InChI=1S/C30H57NO5S/c1-3-5-7-9-10-11-12-13-14-15-16-17-18-19-20-22-24-26-30(33)31-28(27-37(34,35)36)29(32)25-23-21-8-6-4-2/h10-11,13-14,28-29,32H,3-9,12,15-27H2,1-2H3,(H,31,33)(H,34,35,36)/b11-10-,14-13-. The van der Waals surface area contributed by atoms with Crippen molar-refractivity contribution in [3.8, 4) is 0 Å². The van der Waals surface area contributed by atoms with E-state index >= 15 is 0 Å². The first-order valence-corrected chi connectivity index (χ1v) is 16.6. The minimum absolute atomic E-state index is 0.263. The smallest absolute Gasteiger partial charge is 0.266 e. The highest BCUT2D eigenvalue weighted by Crippen LogP contribution is 2.13. The molecule has 218 valence electrons. The van der Waals surface area contributed by atoms with Gasteiger partial charge in [0, 0.05) is 6.42 Å². The maximum Gasteiger partial charge on any atom is 0.266 e. The molecule has 2 atom stereocenters. The largest absolute Gasteiger partial charge is 0.391 e. The third-order valence-electron chi connectivity index (χ3n) is 6.66. The average Bonchev–Trinajstić information content (AvgIpc) is 2.84. The van der Waals surface area contributed by atoms with E-state index in [2.05, 4.69) is 43.5 Å². The van der Waals surface area contributed by atoms with E-state index in [0.29, 0.717) is 12.8 Å². The SMILES string of the molecule is CCCCC/C=C\C/C=C\CCCCCCCCCC(=O)NC(CS(=O)(=O)O)C(O)CCCCCCC. The van der Waals surface area contributed by atoms with E-state index < -0.39 is 28.0 Å². The summed E-state index contributed by atoms with van der Waals surface area (Å²) in [5.74, 6) is -0.916. The quantitative estimate of drug-likeness (QED) is 0.0590. The summed E-state index contributed by atoms with van der Waals surface area (Å²) in [5.41, 5.74) is 0. The van der Waals surface area contributed by atoms with E-state index in [-0.39, 0.29) is 5.91 Å². The number of unbranched alkanes of at least 4 members (excludes halogenated alkanes) is 14. The van der Waals surface area contributed by atoms with Crippen molar-refractivity contribution in [2.75, 3.05) is 5.75 Å². The van der Waals surface area contributed by atoms with Crippen LogP contribution in [0.15, 0.2) is 24.3 Å². The van der Waals surface area contributed by atoms with Gasteiger partial charge in [-0.2, -0.15) is 8.42 Å². The molecule has 0 heterocycles. The number of allylic oxidation sites excluding steroid dienone is 4. The predicted molar refractivity (Wildman–Crippen MR) is 156 cm³/mol. The summed E-state index contributed by atoms with van der Waals surface area (Å²) >= 11 is 0. The molecule has 7 heteroatoms. The molecule has 0 radical (unpaired) electrons. The van der Waals surface area contributed by atoms with Crippen LogP contribution in [-0.4, -0.2) is 41.9 Å². The monoisotopic (exact) mass is 543 g/mol. The zero-order chi connectivity index (χ0) is 27.6. The van der Waals surface area contributed by atoms with Crippen LogP contribution in [0.4, 0.5) is 0 Å². The topological polar surface area (TPSA) is 104 Å². The Labute approximate surface area is 228 Å². The number of carbonyl (C=O) groups is 1. The molecule has 0 aliphatic heterocycles. The number of rotatable bonds is 26. The number of aliphatic hydroxyl groups excluding tert-OH is 1. The van der Waals surface area contributed by atoms with Crippen LogP contribution in [0.5, 0.6) is 0 Å². The fourth-order valence-corrected chi connectivity index (χ4v) is 5.12. The highest BCUT2D eigenvalue weighted by molar-refractivity contribution is 7.85. The Kier molecular flexibility index (Phi) is 24.3. The molecule has 0 saturated carbocycles. The molecule has 0 rings (SSSR count). The Morgan fingerprint density at radius 3 is 1.81 bits per heavy atom. The van der Waals surface area contributed by atoms with Crippen LogP contribution in [0.25, 0.3) is 0 Å². The lowest BCUT2D eigenvalue weighted by Crippen LogP contribution is -2.47. The van der Waals surface area contributed by atoms with Gasteiger partial charge in [0.2, 0.25) is 5.91 Å². The van der Waals surface area contributed by atoms with Crippen molar-refractivity contribution in [2.45, 2.75) is 154 Å². The summed E-state index contributed by atoms with van der Waals surface area (Å²) < 4.78 is 31.9. The minimum atomic E-state index is -4.29. The van der Waals surface area contributed by atoms with Crippen LogP contribution >= 0.6 is 0 Å². The Morgan fingerprint density at radius 1 is 0.730 bits per heavy atom. The van der Waals surface area contributed by atoms with Crippen molar-refractivity contribution in [3.05, 3.63) is 24.3 Å². The number of carbonyl (C=O) groups excluding carboxylic acids is 1. The Morgan fingerprint density at radius 2 is 1.22 bits per heavy atom. The van der Waals surface area contributed by atoms with Gasteiger partial charge in [-0.1, -0.05) is 115 Å². The molecule has 0 spiro atoms. The maximum atomic E-state index is 12.3. The van der Waals surface area contributed by atoms with Crippen molar-refractivity contribution in [1.29, 1.82) is 0 Å². The zero-order valence-electron chi connectivity index (χ0n) is 23.8. The first kappa shape index (κ1) is 35.8. The van der Waals surface area contributed by atoms with Crippen molar-refractivity contribution in [1.82, 2.24) is 5.32 Å². The van der Waals surface area contributed by atoms with Gasteiger partial charge in [0.15, 0.2) is 0 Å². The van der Waals surface area contributed by atoms with Crippen LogP contribution in [0.2, 0.25) is 0 Å². The molecule has 0 bridgehead atoms. The summed E-state index contributed by atoms with van der Waals surface area (Å²) in [5, 5.41) is 13.0. The van der Waals surface area contributed by atoms with Crippen LogP contribution in [-0.2, 0) is 14.9 Å². The van der Waals surface area contributed by atoms with Gasteiger partial charge in [0.25, 0.3) is 10.1 Å². The zero-order valence-corrected chi connectivity index (χ0v) is 24.7. The number of amides is 1. The number of hydrogen-bond donors (Lipinski definition) is 3. The number of nitrogens with one attached hydrogen (secondary N) is 1. The van der Waals surface area contributed by atoms with Gasteiger partial charge in [-0.25, -0.2) is 0 Å². The van der Waals surface area contributed by atoms with Crippen LogP contribution in [0.3, 0.4) is 0 Å². The second-order valence-corrected chi connectivity index (χ2v) is 11.9. The lowest BCUT2D eigenvalue weighted by molar-refractivity contribution is -0.122. The van der Waals surface area contributed by atoms with Gasteiger partial charge in [-0.15, -0.1) is 0 Å². The first-order valence-electron chi connectivity index (χ1n) is 15.0. The highest BCUT2D eigenvalue weighted by Gasteiger charge is 2.25. The van der Waals surface area contributed by atoms with Gasteiger partial charge in [0.1, 0.15) is 0 Å². The molecule has 0 aromatic heterocycles. The third kappa shape index (κ3) is 26.2. The predicted octanol–water partition coefficient (Wildman–Crippen LogP) is 7.67. The Balaban J connectivity index is 3.89. The van der Waals surface area contributed by atoms with Gasteiger partial charge < -0.3 is 10.4 Å². The van der Waals surface area contributed by atoms with Gasteiger partial charge in [-0.05, 0) is 44.9 Å². The van der Waals surface area contributed by atoms with Crippen LogP contribution in [0.1, 0.15) is 142 Å². The first-order chi connectivity index (χ1) is 17.8. The minimum Gasteiger partial charge on any atom is -0.391 e. The normalized spacial score (nSPS) is 13.9. The van der Waals surface area contributed by atoms with Crippen LogP contribution in [0, 0.1) is 0 Å². The van der Waals surface area contributed by atoms with E-state index in [4.69, 9.17) is 0 Å². The highest BCUT2D eigenvalue weighted by atomic mass is 32.2. The fourth-order valence-electron chi connectivity index (χ4n) is 4.36. The van der Waals surface area contributed by atoms with Gasteiger partial charge in [0.05, 0.1) is 17.9 Å². The summed E-state index contributed by atoms with van der Waals surface area (Å²) in [4.78, 5) is 12.3. The lowest BCUT2D eigenvalue weighted by atomic mass is 10.0. The van der Waals surface area contributed by atoms with E-state index in [1.54, 1.807) is 0 Å². The summed E-state index contributed by atoms with van der Waals surface area (Å²) in [6, 6.07) is -0.968. The van der Waals surface area contributed by atoms with E-state index in [0.717, 1.165) is 70.6 Å². The summed E-state index contributed by atoms with van der Waals surface area (Å²) in [7, 11) is -4.29. The Hall–Kier alpha value is -1.18. The molecule has 37 heavy (non-hydrogen) atoms. The van der Waals surface area contributed by atoms with Crippen molar-refractivity contribution < 1.29 is 22.9 Å². The molecule has 6 nitrogen and oxygen atoms in total. The van der Waals surface area contributed by atoms with E-state index in [1.807, 2.05) is 0 Å².